The number of methoxy groups -OCH3 is 1. The Morgan fingerprint density at radius 1 is 1.00 bits per heavy atom. The Morgan fingerprint density at radius 2 is 1.72 bits per heavy atom. The molecule has 4 aromatic rings. The topological polar surface area (TPSA) is 75.3 Å². The van der Waals surface area contributed by atoms with Gasteiger partial charge in [-0.2, -0.15) is 0 Å². The van der Waals surface area contributed by atoms with E-state index in [0.717, 1.165) is 33.3 Å². The van der Waals surface area contributed by atoms with E-state index >= 15 is 0 Å². The average molecular weight is 535 g/mol. The van der Waals surface area contributed by atoms with Crippen molar-refractivity contribution in [3.8, 4) is 17.0 Å². The molecule has 0 bridgehead atoms. The number of hydrogen-bond donors (Lipinski definition) is 3. The van der Waals surface area contributed by atoms with Gasteiger partial charge in [0.2, 0.25) is 5.91 Å². The number of amides is 1. The van der Waals surface area contributed by atoms with Crippen LogP contribution in [0.2, 0.25) is 0 Å². The SMILES string of the molecule is CCC(Sc1cccc(NC(=S)Nc2ccccc2)c1)C(=O)Nc1nc(-c2ccccc2OC)cs1. The number of aromatic nitrogens is 1. The van der Waals surface area contributed by atoms with E-state index in [9.17, 15) is 4.79 Å². The summed E-state index contributed by atoms with van der Waals surface area (Å²) in [5, 5.41) is 12.1. The fourth-order valence-electron chi connectivity index (χ4n) is 3.45. The summed E-state index contributed by atoms with van der Waals surface area (Å²) in [4.78, 5) is 18.6. The number of ether oxygens (including phenoxy) is 1. The predicted octanol–water partition coefficient (Wildman–Crippen LogP) is 7.14. The number of rotatable bonds is 9. The summed E-state index contributed by atoms with van der Waals surface area (Å²) < 4.78 is 5.43. The molecule has 1 heterocycles. The summed E-state index contributed by atoms with van der Waals surface area (Å²) in [6.45, 7) is 2.00. The third-order valence-electron chi connectivity index (χ3n) is 5.18. The molecule has 6 nitrogen and oxygen atoms in total. The molecule has 3 N–H and O–H groups in total. The van der Waals surface area contributed by atoms with E-state index in [1.165, 1.54) is 23.1 Å². The number of anilines is 3. The molecular weight excluding hydrogens is 509 g/mol. The van der Waals surface area contributed by atoms with Gasteiger partial charge in [0.25, 0.3) is 0 Å². The fourth-order valence-corrected chi connectivity index (χ4v) is 5.41. The zero-order chi connectivity index (χ0) is 25.3. The molecule has 0 aliphatic heterocycles. The highest BCUT2D eigenvalue weighted by molar-refractivity contribution is 8.00. The number of thiazole rings is 1. The molecule has 184 valence electrons. The Kier molecular flexibility index (Phi) is 8.94. The molecule has 0 aliphatic rings. The van der Waals surface area contributed by atoms with E-state index in [0.29, 0.717) is 16.7 Å². The van der Waals surface area contributed by atoms with Gasteiger partial charge in [0, 0.05) is 27.2 Å². The van der Waals surface area contributed by atoms with Crippen LogP contribution < -0.4 is 20.7 Å². The zero-order valence-corrected chi connectivity index (χ0v) is 22.3. The first-order valence-corrected chi connectivity index (χ1v) is 13.5. The third-order valence-corrected chi connectivity index (χ3v) is 7.50. The number of benzene rings is 3. The van der Waals surface area contributed by atoms with Gasteiger partial charge in [-0.15, -0.1) is 23.1 Å². The maximum atomic E-state index is 13.0. The summed E-state index contributed by atoms with van der Waals surface area (Å²) in [7, 11) is 1.63. The van der Waals surface area contributed by atoms with Crippen molar-refractivity contribution < 1.29 is 9.53 Å². The Balaban J connectivity index is 1.37. The van der Waals surface area contributed by atoms with Crippen LogP contribution in [0.25, 0.3) is 11.3 Å². The van der Waals surface area contributed by atoms with Gasteiger partial charge >= 0.3 is 0 Å². The van der Waals surface area contributed by atoms with Crippen LogP contribution >= 0.6 is 35.3 Å². The summed E-state index contributed by atoms with van der Waals surface area (Å²) in [6, 6.07) is 25.3. The maximum Gasteiger partial charge on any atom is 0.239 e. The highest BCUT2D eigenvalue weighted by atomic mass is 32.2. The van der Waals surface area contributed by atoms with Crippen molar-refractivity contribution in [2.45, 2.75) is 23.5 Å². The minimum Gasteiger partial charge on any atom is -0.496 e. The van der Waals surface area contributed by atoms with Crippen LogP contribution in [0, 0.1) is 0 Å². The lowest BCUT2D eigenvalue weighted by Gasteiger charge is -2.15. The minimum absolute atomic E-state index is 0.0805. The molecule has 3 aromatic carbocycles. The van der Waals surface area contributed by atoms with E-state index in [1.54, 1.807) is 7.11 Å². The second kappa shape index (κ2) is 12.5. The summed E-state index contributed by atoms with van der Waals surface area (Å²) in [5.41, 5.74) is 3.43. The van der Waals surface area contributed by atoms with Crippen molar-refractivity contribution in [3.63, 3.8) is 0 Å². The molecule has 0 saturated heterocycles. The Morgan fingerprint density at radius 3 is 2.50 bits per heavy atom. The van der Waals surface area contributed by atoms with Crippen LogP contribution in [0.4, 0.5) is 16.5 Å². The number of nitrogens with one attached hydrogen (secondary N) is 3. The summed E-state index contributed by atoms with van der Waals surface area (Å²) in [5.74, 6) is 0.665. The number of para-hydroxylation sites is 2. The van der Waals surface area contributed by atoms with Gasteiger partial charge in [0.05, 0.1) is 18.1 Å². The van der Waals surface area contributed by atoms with Crippen molar-refractivity contribution >= 4 is 62.8 Å². The molecule has 0 aliphatic carbocycles. The van der Waals surface area contributed by atoms with Crippen LogP contribution in [0.1, 0.15) is 13.3 Å². The van der Waals surface area contributed by atoms with Crippen molar-refractivity contribution in [1.82, 2.24) is 4.98 Å². The average Bonchev–Trinajstić information content (AvgIpc) is 3.36. The van der Waals surface area contributed by atoms with Gasteiger partial charge in [-0.05, 0) is 61.1 Å². The Labute approximate surface area is 224 Å². The fraction of sp³-hybridized carbons (Fsp3) is 0.148. The van der Waals surface area contributed by atoms with Crippen LogP contribution in [-0.2, 0) is 4.79 Å². The number of thioether (sulfide) groups is 1. The van der Waals surface area contributed by atoms with Gasteiger partial charge in [-0.1, -0.05) is 43.3 Å². The van der Waals surface area contributed by atoms with E-state index in [4.69, 9.17) is 17.0 Å². The first-order chi connectivity index (χ1) is 17.6. The lowest BCUT2D eigenvalue weighted by atomic mass is 10.1. The highest BCUT2D eigenvalue weighted by Gasteiger charge is 2.20. The van der Waals surface area contributed by atoms with E-state index in [2.05, 4.69) is 20.9 Å². The molecule has 1 unspecified atom stereocenters. The Hall–Kier alpha value is -3.40. The molecule has 1 atom stereocenters. The first kappa shape index (κ1) is 25.7. The lowest BCUT2D eigenvalue weighted by molar-refractivity contribution is -0.115. The van der Waals surface area contributed by atoms with Crippen molar-refractivity contribution in [3.05, 3.63) is 84.2 Å². The van der Waals surface area contributed by atoms with Gasteiger partial charge in [0.15, 0.2) is 10.2 Å². The third kappa shape index (κ3) is 6.84. The molecule has 0 saturated carbocycles. The van der Waals surface area contributed by atoms with Crippen molar-refractivity contribution in [1.29, 1.82) is 0 Å². The van der Waals surface area contributed by atoms with Gasteiger partial charge in [-0.25, -0.2) is 4.98 Å². The second-order valence-corrected chi connectivity index (χ2v) is 10.3. The number of thiocarbonyl (C=S) groups is 1. The molecule has 0 spiro atoms. The molecular formula is C27H26N4O2S3. The van der Waals surface area contributed by atoms with E-state index < -0.39 is 0 Å². The molecule has 4 rings (SSSR count). The number of nitrogens with zero attached hydrogens (tertiary/aromatic N) is 1. The highest BCUT2D eigenvalue weighted by Crippen LogP contribution is 2.33. The normalized spacial score (nSPS) is 11.4. The molecule has 0 radical (unpaired) electrons. The quantitative estimate of drug-likeness (QED) is 0.156. The molecule has 9 heteroatoms. The number of hydrogen-bond acceptors (Lipinski definition) is 6. The molecule has 1 aromatic heterocycles. The molecule has 0 fully saturated rings. The van der Waals surface area contributed by atoms with Crippen LogP contribution in [0.3, 0.4) is 0 Å². The first-order valence-electron chi connectivity index (χ1n) is 11.3. The standard InChI is InChI=1S/C27H26N4O2S3/c1-3-24(25(32)31-27-30-22(17-35-27)21-14-7-8-15-23(21)33-2)36-20-13-9-12-19(16-20)29-26(34)28-18-10-5-4-6-11-18/h4-17,24H,3H2,1-2H3,(H2,28,29,34)(H,30,31,32). The zero-order valence-electron chi connectivity index (χ0n) is 19.9. The van der Waals surface area contributed by atoms with Gasteiger partial charge in [0.1, 0.15) is 5.75 Å². The molecule has 1 amide bonds. The van der Waals surface area contributed by atoms with Crippen molar-refractivity contribution in [2.75, 3.05) is 23.1 Å². The summed E-state index contributed by atoms with van der Waals surface area (Å²) in [6.07, 6.45) is 0.673. The smallest absolute Gasteiger partial charge is 0.239 e. The molecule has 36 heavy (non-hydrogen) atoms. The largest absolute Gasteiger partial charge is 0.496 e. The van der Waals surface area contributed by atoms with Crippen LogP contribution in [0.15, 0.2) is 89.1 Å². The van der Waals surface area contributed by atoms with E-state index in [1.807, 2.05) is 91.2 Å². The van der Waals surface area contributed by atoms with Crippen LogP contribution in [-0.4, -0.2) is 28.4 Å². The van der Waals surface area contributed by atoms with Gasteiger partial charge in [-0.3, -0.25) is 4.79 Å². The predicted molar refractivity (Wildman–Crippen MR) is 155 cm³/mol. The Bertz CT molecular complexity index is 1330. The van der Waals surface area contributed by atoms with Crippen molar-refractivity contribution in [2.24, 2.45) is 0 Å². The summed E-state index contributed by atoms with van der Waals surface area (Å²) >= 11 is 8.34. The number of carbonyl (C=O) groups is 1. The van der Waals surface area contributed by atoms with Crippen LogP contribution in [0.5, 0.6) is 5.75 Å². The minimum atomic E-state index is -0.270. The van der Waals surface area contributed by atoms with Gasteiger partial charge < -0.3 is 20.7 Å². The monoisotopic (exact) mass is 534 g/mol. The maximum absolute atomic E-state index is 13.0. The number of carbonyl (C=O) groups excluding carboxylic acids is 1. The second-order valence-electron chi connectivity index (χ2n) is 7.72. The lowest BCUT2D eigenvalue weighted by Crippen LogP contribution is -2.24. The van der Waals surface area contributed by atoms with E-state index in [-0.39, 0.29) is 11.2 Å².